The summed E-state index contributed by atoms with van der Waals surface area (Å²) < 4.78 is 62.9. The van der Waals surface area contributed by atoms with Gasteiger partial charge in [-0.3, -0.25) is 4.79 Å². The highest BCUT2D eigenvalue weighted by Gasteiger charge is 2.33. The summed E-state index contributed by atoms with van der Waals surface area (Å²) in [5.41, 5.74) is -1.26. The predicted octanol–water partition coefficient (Wildman–Crippen LogP) is 1.08. The van der Waals surface area contributed by atoms with E-state index in [4.69, 9.17) is 21.8 Å². The number of aliphatic carboxylic acids is 1. The van der Waals surface area contributed by atoms with E-state index in [1.807, 2.05) is 0 Å². The monoisotopic (exact) mass is 347 g/mol. The smallest absolute Gasteiger partial charge is 0.416 e. The standard InChI is InChI=1S/C10H9ClF3NO5S/c11-6-2-1-5(10(12,13)14)3-8(6)21(19,20)15-7(4-16)9(17)18/h1-3,7,15-16H,4H2,(H,17,18)/t7-/m0/s1. The quantitative estimate of drug-likeness (QED) is 0.739. The first-order valence-electron chi connectivity index (χ1n) is 5.22. The number of carboxylic acids is 1. The van der Waals surface area contributed by atoms with Gasteiger partial charge in [-0.1, -0.05) is 11.6 Å². The van der Waals surface area contributed by atoms with Crippen LogP contribution in [0.3, 0.4) is 0 Å². The average molecular weight is 348 g/mol. The summed E-state index contributed by atoms with van der Waals surface area (Å²) in [6.45, 7) is -1.08. The summed E-state index contributed by atoms with van der Waals surface area (Å²) in [4.78, 5) is 9.72. The Morgan fingerprint density at radius 1 is 1.38 bits per heavy atom. The van der Waals surface area contributed by atoms with Crippen molar-refractivity contribution < 1.29 is 36.6 Å². The molecule has 0 aliphatic carbocycles. The highest BCUT2D eigenvalue weighted by atomic mass is 35.5. The maximum atomic E-state index is 12.6. The van der Waals surface area contributed by atoms with E-state index in [2.05, 4.69) is 0 Å². The first-order valence-corrected chi connectivity index (χ1v) is 7.08. The van der Waals surface area contributed by atoms with E-state index in [1.54, 1.807) is 4.72 Å². The molecule has 0 fully saturated rings. The Hall–Kier alpha value is -1.36. The van der Waals surface area contributed by atoms with Gasteiger partial charge in [-0.15, -0.1) is 0 Å². The fourth-order valence-corrected chi connectivity index (χ4v) is 3.01. The highest BCUT2D eigenvalue weighted by Crippen LogP contribution is 2.33. The van der Waals surface area contributed by atoms with Crippen LogP contribution in [-0.2, 0) is 21.0 Å². The van der Waals surface area contributed by atoms with Crippen molar-refractivity contribution >= 4 is 27.6 Å². The Kier molecular flexibility index (Phi) is 5.20. The van der Waals surface area contributed by atoms with Crippen LogP contribution in [-0.4, -0.2) is 37.2 Å². The van der Waals surface area contributed by atoms with Crippen molar-refractivity contribution in [3.63, 3.8) is 0 Å². The van der Waals surface area contributed by atoms with Crippen molar-refractivity contribution in [2.75, 3.05) is 6.61 Å². The van der Waals surface area contributed by atoms with Gasteiger partial charge in [0, 0.05) is 0 Å². The summed E-state index contributed by atoms with van der Waals surface area (Å²) in [6, 6.07) is -0.308. The van der Waals surface area contributed by atoms with Gasteiger partial charge < -0.3 is 10.2 Å². The van der Waals surface area contributed by atoms with Crippen LogP contribution in [0.1, 0.15) is 5.56 Å². The van der Waals surface area contributed by atoms with Crippen molar-refractivity contribution in [3.05, 3.63) is 28.8 Å². The SMILES string of the molecule is O=C(O)[C@H](CO)NS(=O)(=O)c1cc(C(F)(F)F)ccc1Cl. The van der Waals surface area contributed by atoms with Gasteiger partial charge >= 0.3 is 12.1 Å². The molecule has 0 radical (unpaired) electrons. The van der Waals surface area contributed by atoms with Crippen LogP contribution in [0.15, 0.2) is 23.1 Å². The van der Waals surface area contributed by atoms with E-state index in [0.717, 1.165) is 6.07 Å². The summed E-state index contributed by atoms with van der Waals surface area (Å²) in [7, 11) is -4.65. The first-order chi connectivity index (χ1) is 9.49. The molecule has 0 saturated heterocycles. The van der Waals surface area contributed by atoms with E-state index in [9.17, 15) is 26.4 Å². The third-order valence-corrected chi connectivity index (χ3v) is 4.28. The number of carbonyl (C=O) groups is 1. The lowest BCUT2D eigenvalue weighted by molar-refractivity contribution is -0.140. The second kappa shape index (κ2) is 6.18. The molecule has 1 rings (SSSR count). The third kappa shape index (κ3) is 4.30. The molecule has 0 aromatic heterocycles. The summed E-state index contributed by atoms with van der Waals surface area (Å²) >= 11 is 5.54. The van der Waals surface area contributed by atoms with E-state index < -0.39 is 50.3 Å². The zero-order valence-corrected chi connectivity index (χ0v) is 11.6. The van der Waals surface area contributed by atoms with E-state index in [1.165, 1.54) is 0 Å². The Morgan fingerprint density at radius 2 is 1.95 bits per heavy atom. The van der Waals surface area contributed by atoms with Crippen LogP contribution in [0.4, 0.5) is 13.2 Å². The van der Waals surface area contributed by atoms with Gasteiger partial charge in [-0.25, -0.2) is 8.42 Å². The highest BCUT2D eigenvalue weighted by molar-refractivity contribution is 7.89. The second-order valence-corrected chi connectivity index (χ2v) is 5.93. The molecule has 21 heavy (non-hydrogen) atoms. The Balaban J connectivity index is 3.28. The molecule has 0 unspecified atom stereocenters. The van der Waals surface area contributed by atoms with Gasteiger partial charge in [0.05, 0.1) is 17.2 Å². The van der Waals surface area contributed by atoms with E-state index >= 15 is 0 Å². The molecule has 11 heteroatoms. The van der Waals surface area contributed by atoms with Crippen LogP contribution in [0, 0.1) is 0 Å². The molecule has 0 aliphatic rings. The van der Waals surface area contributed by atoms with Crippen LogP contribution in [0.2, 0.25) is 5.02 Å². The van der Waals surface area contributed by atoms with Crippen LogP contribution < -0.4 is 4.72 Å². The molecular formula is C10H9ClF3NO5S. The molecule has 0 saturated carbocycles. The van der Waals surface area contributed by atoms with Gasteiger partial charge in [0.15, 0.2) is 0 Å². The number of nitrogens with one attached hydrogen (secondary N) is 1. The average Bonchev–Trinajstić information content (AvgIpc) is 2.34. The minimum Gasteiger partial charge on any atom is -0.480 e. The maximum Gasteiger partial charge on any atom is 0.416 e. The summed E-state index contributed by atoms with van der Waals surface area (Å²) in [5, 5.41) is 16.9. The summed E-state index contributed by atoms with van der Waals surface area (Å²) in [6.07, 6.45) is -4.79. The predicted molar refractivity (Wildman–Crippen MR) is 65.3 cm³/mol. The van der Waals surface area contributed by atoms with E-state index in [-0.39, 0.29) is 6.07 Å². The third-order valence-electron chi connectivity index (χ3n) is 2.33. The molecule has 0 amide bonds. The Labute approximate surface area is 122 Å². The van der Waals surface area contributed by atoms with Gasteiger partial charge in [-0.2, -0.15) is 17.9 Å². The minimum absolute atomic E-state index is 0.279. The zero-order chi connectivity index (χ0) is 16.4. The van der Waals surface area contributed by atoms with Gasteiger partial charge in [0.1, 0.15) is 10.9 Å². The van der Waals surface area contributed by atoms with Gasteiger partial charge in [0.25, 0.3) is 0 Å². The van der Waals surface area contributed by atoms with E-state index in [0.29, 0.717) is 6.07 Å². The minimum atomic E-state index is -4.79. The molecule has 6 nitrogen and oxygen atoms in total. The van der Waals surface area contributed by atoms with Crippen molar-refractivity contribution in [2.45, 2.75) is 17.1 Å². The van der Waals surface area contributed by atoms with Crippen molar-refractivity contribution in [1.82, 2.24) is 4.72 Å². The molecular weight excluding hydrogens is 339 g/mol. The number of hydrogen-bond donors (Lipinski definition) is 3. The number of hydrogen-bond acceptors (Lipinski definition) is 4. The summed E-state index contributed by atoms with van der Waals surface area (Å²) in [5.74, 6) is -1.69. The molecule has 1 aromatic rings. The number of sulfonamides is 1. The molecule has 1 aromatic carbocycles. The molecule has 0 heterocycles. The number of halogens is 4. The number of benzene rings is 1. The topological polar surface area (TPSA) is 104 Å². The Bertz CT molecular complexity index is 647. The van der Waals surface area contributed by atoms with Crippen LogP contribution >= 0.6 is 11.6 Å². The lowest BCUT2D eigenvalue weighted by Crippen LogP contribution is -2.43. The molecule has 0 bridgehead atoms. The van der Waals surface area contributed by atoms with Gasteiger partial charge in [-0.05, 0) is 18.2 Å². The molecule has 0 aliphatic heterocycles. The Morgan fingerprint density at radius 3 is 2.38 bits per heavy atom. The second-order valence-electron chi connectivity index (χ2n) is 3.84. The normalized spacial score (nSPS) is 14.0. The number of carboxylic acid groups (broad SMARTS) is 1. The first kappa shape index (κ1) is 17.7. The fraction of sp³-hybridized carbons (Fsp3) is 0.300. The molecule has 1 atom stereocenters. The maximum absolute atomic E-state index is 12.6. The largest absolute Gasteiger partial charge is 0.480 e. The lowest BCUT2D eigenvalue weighted by Gasteiger charge is -2.14. The lowest BCUT2D eigenvalue weighted by atomic mass is 10.2. The fourth-order valence-electron chi connectivity index (χ4n) is 1.30. The van der Waals surface area contributed by atoms with Crippen molar-refractivity contribution in [3.8, 4) is 0 Å². The zero-order valence-electron chi connectivity index (χ0n) is 10.1. The molecule has 3 N–H and O–H groups in total. The van der Waals surface area contributed by atoms with Crippen molar-refractivity contribution in [2.24, 2.45) is 0 Å². The van der Waals surface area contributed by atoms with Crippen LogP contribution in [0.5, 0.6) is 0 Å². The number of alkyl halides is 3. The number of rotatable bonds is 5. The molecule has 118 valence electrons. The van der Waals surface area contributed by atoms with Gasteiger partial charge in [0.2, 0.25) is 10.0 Å². The number of aliphatic hydroxyl groups is 1. The molecule has 0 spiro atoms. The number of aliphatic hydroxyl groups excluding tert-OH is 1. The van der Waals surface area contributed by atoms with Crippen molar-refractivity contribution in [1.29, 1.82) is 0 Å². The van der Waals surface area contributed by atoms with Crippen LogP contribution in [0.25, 0.3) is 0 Å².